The molecule has 0 fully saturated rings. The highest BCUT2D eigenvalue weighted by Gasteiger charge is 2.06. The largest absolute Gasteiger partial charge is 0.491 e. The molecule has 0 aliphatic heterocycles. The lowest BCUT2D eigenvalue weighted by Gasteiger charge is -2.09. The van der Waals surface area contributed by atoms with Crippen LogP contribution in [0.3, 0.4) is 0 Å². The molecule has 0 spiro atoms. The second kappa shape index (κ2) is 5.00. The van der Waals surface area contributed by atoms with E-state index >= 15 is 0 Å². The predicted molar refractivity (Wildman–Crippen MR) is 81.1 cm³/mol. The van der Waals surface area contributed by atoms with E-state index in [1.165, 1.54) is 5.69 Å². The van der Waals surface area contributed by atoms with Gasteiger partial charge in [-0.25, -0.2) is 4.98 Å². The van der Waals surface area contributed by atoms with E-state index in [0.717, 1.165) is 22.7 Å². The zero-order valence-electron chi connectivity index (χ0n) is 12.0. The molecule has 0 saturated carbocycles. The third kappa shape index (κ3) is 2.39. The molecular formula is C17H18N2O. The average Bonchev–Trinajstić information content (AvgIpc) is 2.84. The molecule has 2 heterocycles. The Hall–Kier alpha value is -2.29. The Morgan fingerprint density at radius 2 is 1.80 bits per heavy atom. The van der Waals surface area contributed by atoms with Crippen LogP contribution in [-0.2, 0) is 0 Å². The normalized spacial score (nSPS) is 11.2. The molecule has 2 aromatic heterocycles. The van der Waals surface area contributed by atoms with Crippen molar-refractivity contribution in [2.75, 3.05) is 0 Å². The number of benzene rings is 1. The molecule has 0 radical (unpaired) electrons. The van der Waals surface area contributed by atoms with E-state index in [2.05, 4.69) is 40.7 Å². The fourth-order valence-electron chi connectivity index (χ4n) is 2.26. The van der Waals surface area contributed by atoms with Crippen molar-refractivity contribution >= 4 is 5.65 Å². The monoisotopic (exact) mass is 266 g/mol. The molecule has 0 bridgehead atoms. The summed E-state index contributed by atoms with van der Waals surface area (Å²) in [5, 5.41) is 0. The Balaban J connectivity index is 1.96. The van der Waals surface area contributed by atoms with Gasteiger partial charge in [0.05, 0.1) is 11.8 Å². The molecule has 3 nitrogen and oxygen atoms in total. The number of fused-ring (bicyclic) bond motifs is 1. The molecule has 0 saturated heterocycles. The Morgan fingerprint density at radius 3 is 2.45 bits per heavy atom. The van der Waals surface area contributed by atoms with Crippen LogP contribution in [0, 0.1) is 6.92 Å². The minimum absolute atomic E-state index is 0.193. The fraction of sp³-hybridized carbons (Fsp3) is 0.235. The van der Waals surface area contributed by atoms with E-state index in [1.807, 2.05) is 38.1 Å². The maximum atomic E-state index is 5.66. The number of hydrogen-bond acceptors (Lipinski definition) is 2. The second-order valence-corrected chi connectivity index (χ2v) is 5.21. The average molecular weight is 266 g/mol. The molecule has 0 aliphatic carbocycles. The number of nitrogens with zero attached hydrogens (tertiary/aromatic N) is 2. The molecule has 3 rings (SSSR count). The van der Waals surface area contributed by atoms with E-state index < -0.39 is 0 Å². The summed E-state index contributed by atoms with van der Waals surface area (Å²) in [5.41, 5.74) is 4.24. The maximum Gasteiger partial charge on any atom is 0.137 e. The molecule has 0 amide bonds. The van der Waals surface area contributed by atoms with Gasteiger partial charge in [-0.1, -0.05) is 6.07 Å². The van der Waals surface area contributed by atoms with Gasteiger partial charge in [0.1, 0.15) is 11.4 Å². The summed E-state index contributed by atoms with van der Waals surface area (Å²) in [5.74, 6) is 0.892. The van der Waals surface area contributed by atoms with Crippen LogP contribution in [0.4, 0.5) is 0 Å². The lowest BCUT2D eigenvalue weighted by molar-refractivity contribution is 0.242. The number of aromatic nitrogens is 2. The van der Waals surface area contributed by atoms with Crippen molar-refractivity contribution < 1.29 is 4.74 Å². The highest BCUT2D eigenvalue weighted by Crippen LogP contribution is 2.23. The van der Waals surface area contributed by atoms with Crippen molar-refractivity contribution in [1.29, 1.82) is 0 Å². The first-order valence-corrected chi connectivity index (χ1v) is 6.85. The summed E-state index contributed by atoms with van der Waals surface area (Å²) < 4.78 is 7.76. The van der Waals surface area contributed by atoms with Gasteiger partial charge in [0.2, 0.25) is 0 Å². The van der Waals surface area contributed by atoms with E-state index in [9.17, 15) is 0 Å². The maximum absolute atomic E-state index is 5.66. The number of imidazole rings is 1. The molecule has 102 valence electrons. The van der Waals surface area contributed by atoms with Crippen molar-refractivity contribution in [3.05, 3.63) is 54.4 Å². The first kappa shape index (κ1) is 12.7. The van der Waals surface area contributed by atoms with Crippen molar-refractivity contribution in [2.45, 2.75) is 26.9 Å². The van der Waals surface area contributed by atoms with E-state index in [4.69, 9.17) is 4.74 Å². The van der Waals surface area contributed by atoms with Gasteiger partial charge < -0.3 is 9.14 Å². The topological polar surface area (TPSA) is 26.5 Å². The van der Waals surface area contributed by atoms with E-state index in [0.29, 0.717) is 0 Å². The molecule has 0 atom stereocenters. The fourth-order valence-corrected chi connectivity index (χ4v) is 2.26. The summed E-state index contributed by atoms with van der Waals surface area (Å²) in [7, 11) is 0. The minimum atomic E-state index is 0.193. The molecule has 1 aromatic carbocycles. The third-order valence-electron chi connectivity index (χ3n) is 3.22. The van der Waals surface area contributed by atoms with Crippen molar-refractivity contribution in [3.8, 4) is 17.0 Å². The van der Waals surface area contributed by atoms with Crippen LogP contribution in [0.5, 0.6) is 5.75 Å². The predicted octanol–water partition coefficient (Wildman–Crippen LogP) is 4.10. The lowest BCUT2D eigenvalue weighted by atomic mass is 10.1. The van der Waals surface area contributed by atoms with Gasteiger partial charge in [-0.2, -0.15) is 0 Å². The third-order valence-corrected chi connectivity index (χ3v) is 3.22. The Bertz CT molecular complexity index is 726. The first-order chi connectivity index (χ1) is 9.63. The molecule has 3 heteroatoms. The van der Waals surface area contributed by atoms with Gasteiger partial charge in [-0.05, 0) is 57.2 Å². The van der Waals surface area contributed by atoms with Gasteiger partial charge in [0, 0.05) is 17.5 Å². The number of ether oxygens (including phenoxy) is 1. The Morgan fingerprint density at radius 1 is 1.05 bits per heavy atom. The molecular weight excluding hydrogens is 248 g/mol. The first-order valence-electron chi connectivity index (χ1n) is 6.85. The minimum Gasteiger partial charge on any atom is -0.491 e. The Kier molecular flexibility index (Phi) is 3.18. The van der Waals surface area contributed by atoms with Crippen molar-refractivity contribution in [3.63, 3.8) is 0 Å². The summed E-state index contributed by atoms with van der Waals surface area (Å²) in [6.07, 6.45) is 2.27. The number of aryl methyl sites for hydroxylation is 1. The van der Waals surface area contributed by atoms with Gasteiger partial charge in [0.15, 0.2) is 0 Å². The number of rotatable bonds is 3. The zero-order valence-corrected chi connectivity index (χ0v) is 12.0. The van der Waals surface area contributed by atoms with Gasteiger partial charge in [-0.15, -0.1) is 0 Å². The summed E-state index contributed by atoms with van der Waals surface area (Å²) >= 11 is 0. The van der Waals surface area contributed by atoms with Gasteiger partial charge in [-0.3, -0.25) is 0 Å². The van der Waals surface area contributed by atoms with Gasteiger partial charge in [0.25, 0.3) is 0 Å². The molecule has 0 N–H and O–H groups in total. The van der Waals surface area contributed by atoms with Crippen molar-refractivity contribution in [1.82, 2.24) is 9.38 Å². The van der Waals surface area contributed by atoms with Crippen LogP contribution >= 0.6 is 0 Å². The summed E-state index contributed by atoms with van der Waals surface area (Å²) in [6.45, 7) is 6.13. The summed E-state index contributed by atoms with van der Waals surface area (Å²) in [6, 6.07) is 14.2. The van der Waals surface area contributed by atoms with Crippen LogP contribution in [-0.4, -0.2) is 15.5 Å². The van der Waals surface area contributed by atoms with Crippen LogP contribution in [0.2, 0.25) is 0 Å². The van der Waals surface area contributed by atoms with Crippen LogP contribution in [0.1, 0.15) is 19.5 Å². The van der Waals surface area contributed by atoms with Crippen LogP contribution < -0.4 is 4.74 Å². The van der Waals surface area contributed by atoms with E-state index in [-0.39, 0.29) is 6.10 Å². The highest BCUT2D eigenvalue weighted by atomic mass is 16.5. The molecule has 0 unspecified atom stereocenters. The SMILES string of the molecule is Cc1cccc2nc(-c3ccc(OC(C)C)cc3)cn12. The molecule has 0 aliphatic rings. The van der Waals surface area contributed by atoms with Crippen LogP contribution in [0.25, 0.3) is 16.9 Å². The summed E-state index contributed by atoms with van der Waals surface area (Å²) in [4.78, 5) is 4.66. The second-order valence-electron chi connectivity index (χ2n) is 5.21. The smallest absolute Gasteiger partial charge is 0.137 e. The molecule has 20 heavy (non-hydrogen) atoms. The number of hydrogen-bond donors (Lipinski definition) is 0. The quantitative estimate of drug-likeness (QED) is 0.713. The molecule has 3 aromatic rings. The number of pyridine rings is 1. The zero-order chi connectivity index (χ0) is 14.1. The lowest BCUT2D eigenvalue weighted by Crippen LogP contribution is -2.05. The highest BCUT2D eigenvalue weighted by molar-refractivity contribution is 5.63. The van der Waals surface area contributed by atoms with Crippen LogP contribution in [0.15, 0.2) is 48.7 Å². The Labute approximate surface area is 118 Å². The van der Waals surface area contributed by atoms with E-state index in [1.54, 1.807) is 0 Å². The van der Waals surface area contributed by atoms with Gasteiger partial charge >= 0.3 is 0 Å². The van der Waals surface area contributed by atoms with Crippen molar-refractivity contribution in [2.24, 2.45) is 0 Å². The standard InChI is InChI=1S/C17H18N2O/c1-12(2)20-15-9-7-14(8-10-15)16-11-19-13(3)5-4-6-17(19)18-16/h4-12H,1-3H3.